The zero-order valence-electron chi connectivity index (χ0n) is 13.1. The second-order valence-electron chi connectivity index (χ2n) is 5.37. The Morgan fingerprint density at radius 2 is 2.00 bits per heavy atom. The number of hydrogen-bond acceptors (Lipinski definition) is 3. The van der Waals surface area contributed by atoms with Crippen LogP contribution in [0.2, 0.25) is 10.0 Å². The molecule has 0 aliphatic heterocycles. The first-order valence-corrected chi connectivity index (χ1v) is 8.16. The lowest BCUT2D eigenvalue weighted by Gasteiger charge is -2.08. The molecular formula is C18H13Cl2FN2O2. The molecule has 1 amide bonds. The maximum absolute atomic E-state index is 14.2. The molecule has 3 aromatic rings. The molecule has 0 saturated heterocycles. The molecule has 7 heteroatoms. The number of carbonyl (C=O) groups excluding carboxylic acids is 1. The lowest BCUT2D eigenvalue weighted by Crippen LogP contribution is -2.23. The van der Waals surface area contributed by atoms with Crippen LogP contribution in [0.15, 0.2) is 47.0 Å². The van der Waals surface area contributed by atoms with Crippen molar-refractivity contribution in [2.45, 2.75) is 13.5 Å². The Labute approximate surface area is 153 Å². The van der Waals surface area contributed by atoms with E-state index < -0.39 is 11.7 Å². The van der Waals surface area contributed by atoms with Crippen LogP contribution in [0.5, 0.6) is 0 Å². The topological polar surface area (TPSA) is 55.1 Å². The lowest BCUT2D eigenvalue weighted by molar-refractivity contribution is 0.0950. The molecule has 0 fully saturated rings. The summed E-state index contributed by atoms with van der Waals surface area (Å²) in [6, 6.07) is 11.4. The van der Waals surface area contributed by atoms with Gasteiger partial charge < -0.3 is 9.84 Å². The van der Waals surface area contributed by atoms with E-state index in [4.69, 9.17) is 27.7 Å². The van der Waals surface area contributed by atoms with Gasteiger partial charge in [0.05, 0.1) is 10.6 Å². The summed E-state index contributed by atoms with van der Waals surface area (Å²) in [7, 11) is 0. The van der Waals surface area contributed by atoms with Crippen molar-refractivity contribution in [3.05, 3.63) is 75.2 Å². The van der Waals surface area contributed by atoms with Crippen molar-refractivity contribution in [1.82, 2.24) is 10.5 Å². The number of nitrogens with one attached hydrogen (secondary N) is 1. The Morgan fingerprint density at radius 3 is 2.72 bits per heavy atom. The third-order valence-corrected chi connectivity index (χ3v) is 4.18. The summed E-state index contributed by atoms with van der Waals surface area (Å²) in [5.41, 5.74) is 1.09. The predicted molar refractivity (Wildman–Crippen MR) is 94.3 cm³/mol. The zero-order chi connectivity index (χ0) is 18.0. The molecule has 0 bridgehead atoms. The van der Waals surface area contributed by atoms with Crippen LogP contribution >= 0.6 is 23.2 Å². The van der Waals surface area contributed by atoms with Crippen LogP contribution in [-0.4, -0.2) is 11.1 Å². The van der Waals surface area contributed by atoms with Crippen LogP contribution < -0.4 is 5.32 Å². The quantitative estimate of drug-likeness (QED) is 0.692. The summed E-state index contributed by atoms with van der Waals surface area (Å²) in [6.45, 7) is 1.84. The summed E-state index contributed by atoms with van der Waals surface area (Å²) < 4.78 is 19.3. The first kappa shape index (κ1) is 17.5. The van der Waals surface area contributed by atoms with E-state index in [-0.39, 0.29) is 34.1 Å². The summed E-state index contributed by atoms with van der Waals surface area (Å²) in [5, 5.41) is 7.30. The first-order valence-electron chi connectivity index (χ1n) is 7.40. The van der Waals surface area contributed by atoms with Crippen LogP contribution in [0.25, 0.3) is 11.3 Å². The fraction of sp³-hybridized carbons (Fsp3) is 0.111. The monoisotopic (exact) mass is 378 g/mol. The molecular weight excluding hydrogens is 366 g/mol. The number of rotatable bonds is 4. The van der Waals surface area contributed by atoms with Gasteiger partial charge in [0.15, 0.2) is 0 Å². The second-order valence-corrected chi connectivity index (χ2v) is 6.22. The molecule has 3 rings (SSSR count). The van der Waals surface area contributed by atoms with Gasteiger partial charge in [0.25, 0.3) is 5.91 Å². The fourth-order valence-electron chi connectivity index (χ4n) is 2.45. The van der Waals surface area contributed by atoms with Gasteiger partial charge in [-0.25, -0.2) is 4.39 Å². The maximum Gasteiger partial charge on any atom is 0.257 e. The number of amides is 1. The van der Waals surface area contributed by atoms with Crippen LogP contribution in [-0.2, 0) is 6.54 Å². The number of benzene rings is 2. The number of aromatic nitrogens is 1. The van der Waals surface area contributed by atoms with Crippen LogP contribution in [0.4, 0.5) is 4.39 Å². The third-order valence-electron chi connectivity index (χ3n) is 3.63. The van der Waals surface area contributed by atoms with Crippen molar-refractivity contribution in [3.8, 4) is 11.3 Å². The van der Waals surface area contributed by atoms with Gasteiger partial charge in [0.2, 0.25) is 0 Å². The Hall–Kier alpha value is -2.37. The highest BCUT2D eigenvalue weighted by Crippen LogP contribution is 2.33. The molecule has 0 radical (unpaired) electrons. The second kappa shape index (κ2) is 7.25. The van der Waals surface area contributed by atoms with E-state index in [0.717, 1.165) is 5.56 Å². The highest BCUT2D eigenvalue weighted by Gasteiger charge is 2.25. The average Bonchev–Trinajstić information content (AvgIpc) is 2.94. The van der Waals surface area contributed by atoms with E-state index in [1.807, 2.05) is 6.07 Å². The smallest absolute Gasteiger partial charge is 0.257 e. The number of halogens is 3. The molecule has 0 aliphatic carbocycles. The Balaban J connectivity index is 1.90. The third kappa shape index (κ3) is 3.67. The van der Waals surface area contributed by atoms with Crippen molar-refractivity contribution < 1.29 is 13.7 Å². The molecule has 25 heavy (non-hydrogen) atoms. The lowest BCUT2D eigenvalue weighted by atomic mass is 10.0. The van der Waals surface area contributed by atoms with Gasteiger partial charge in [-0.2, -0.15) is 0 Å². The highest BCUT2D eigenvalue weighted by molar-refractivity contribution is 6.33. The maximum atomic E-state index is 14.2. The SMILES string of the molecule is Cc1onc(-c2c(F)cccc2Cl)c1C(=O)NCc1cccc(Cl)c1. The van der Waals surface area contributed by atoms with E-state index in [0.29, 0.717) is 5.02 Å². The van der Waals surface area contributed by atoms with Gasteiger partial charge in [-0.1, -0.05) is 46.6 Å². The minimum Gasteiger partial charge on any atom is -0.360 e. The minimum absolute atomic E-state index is 0.0360. The first-order chi connectivity index (χ1) is 12.0. The van der Waals surface area contributed by atoms with Crippen molar-refractivity contribution in [2.75, 3.05) is 0 Å². The Morgan fingerprint density at radius 1 is 1.24 bits per heavy atom. The standard InChI is InChI=1S/C18H13Cl2FN2O2/c1-10-15(18(24)22-9-11-4-2-5-12(19)8-11)17(23-25-10)16-13(20)6-3-7-14(16)21/h2-8H,9H2,1H3,(H,22,24). The molecule has 0 spiro atoms. The zero-order valence-corrected chi connectivity index (χ0v) is 14.7. The molecule has 0 aliphatic rings. The van der Waals surface area contributed by atoms with E-state index in [1.54, 1.807) is 25.1 Å². The largest absolute Gasteiger partial charge is 0.360 e. The summed E-state index contributed by atoms with van der Waals surface area (Å²) in [4.78, 5) is 12.6. The summed E-state index contributed by atoms with van der Waals surface area (Å²) >= 11 is 12.0. The Kier molecular flexibility index (Phi) is 5.06. The van der Waals surface area contributed by atoms with Crippen LogP contribution in [0.1, 0.15) is 21.7 Å². The molecule has 0 atom stereocenters. The van der Waals surface area contributed by atoms with Gasteiger partial charge in [0, 0.05) is 11.6 Å². The number of carbonyl (C=O) groups is 1. The van der Waals surface area contributed by atoms with E-state index in [9.17, 15) is 9.18 Å². The summed E-state index contributed by atoms with van der Waals surface area (Å²) in [5.74, 6) is -0.740. The fourth-order valence-corrected chi connectivity index (χ4v) is 2.92. The number of aryl methyl sites for hydroxylation is 1. The van der Waals surface area contributed by atoms with Gasteiger partial charge in [-0.3, -0.25) is 4.79 Å². The molecule has 2 aromatic carbocycles. The van der Waals surface area contributed by atoms with Crippen molar-refractivity contribution in [1.29, 1.82) is 0 Å². The van der Waals surface area contributed by atoms with Crippen molar-refractivity contribution >= 4 is 29.1 Å². The van der Waals surface area contributed by atoms with E-state index in [2.05, 4.69) is 10.5 Å². The molecule has 0 saturated carbocycles. The summed E-state index contributed by atoms with van der Waals surface area (Å²) in [6.07, 6.45) is 0. The molecule has 0 unspecified atom stereocenters. The average molecular weight is 379 g/mol. The van der Waals surface area contributed by atoms with Crippen LogP contribution in [0.3, 0.4) is 0 Å². The van der Waals surface area contributed by atoms with Crippen LogP contribution in [0, 0.1) is 12.7 Å². The molecule has 1 aromatic heterocycles. The van der Waals surface area contributed by atoms with E-state index in [1.165, 1.54) is 18.2 Å². The number of nitrogens with zero attached hydrogens (tertiary/aromatic N) is 1. The highest BCUT2D eigenvalue weighted by atomic mass is 35.5. The van der Waals surface area contributed by atoms with Gasteiger partial charge in [-0.05, 0) is 36.8 Å². The predicted octanol–water partition coefficient (Wildman–Crippen LogP) is 5.03. The Bertz CT molecular complexity index is 920. The van der Waals surface area contributed by atoms with E-state index >= 15 is 0 Å². The number of hydrogen-bond donors (Lipinski definition) is 1. The van der Waals surface area contributed by atoms with Gasteiger partial charge in [0.1, 0.15) is 22.8 Å². The molecule has 4 nitrogen and oxygen atoms in total. The van der Waals surface area contributed by atoms with Crippen molar-refractivity contribution in [2.24, 2.45) is 0 Å². The van der Waals surface area contributed by atoms with Gasteiger partial charge >= 0.3 is 0 Å². The minimum atomic E-state index is -0.579. The van der Waals surface area contributed by atoms with Crippen molar-refractivity contribution in [3.63, 3.8) is 0 Å². The van der Waals surface area contributed by atoms with Gasteiger partial charge in [-0.15, -0.1) is 0 Å². The molecule has 128 valence electrons. The molecule has 1 N–H and O–H groups in total. The normalized spacial score (nSPS) is 10.7. The molecule has 1 heterocycles.